The Kier molecular flexibility index (Phi) is 4.70. The predicted molar refractivity (Wildman–Crippen MR) is 66.3 cm³/mol. The van der Waals surface area contributed by atoms with Crippen LogP contribution in [-0.2, 0) is 9.53 Å². The molecule has 0 spiro atoms. The Bertz CT molecular complexity index is 440. The highest BCUT2D eigenvalue weighted by Gasteiger charge is 2.18. The lowest BCUT2D eigenvalue weighted by Gasteiger charge is -2.08. The molecule has 0 aromatic heterocycles. The maximum absolute atomic E-state index is 11.9. The Morgan fingerprint density at radius 1 is 1.41 bits per heavy atom. The summed E-state index contributed by atoms with van der Waals surface area (Å²) in [6.45, 7) is 3.53. The standard InChI is InChI=1S/C13H15ClO3/c1-8-4-5-10(7-11(8)14)12(15)6-9(2)13(16)17-3/h4-5,7,9H,6H2,1-3H3. The van der Waals surface area contributed by atoms with Crippen molar-refractivity contribution in [3.63, 3.8) is 0 Å². The van der Waals surface area contributed by atoms with Crippen molar-refractivity contribution in [3.8, 4) is 0 Å². The number of hydrogen-bond donors (Lipinski definition) is 0. The van der Waals surface area contributed by atoms with Gasteiger partial charge in [0.2, 0.25) is 0 Å². The summed E-state index contributed by atoms with van der Waals surface area (Å²) in [7, 11) is 1.31. The van der Waals surface area contributed by atoms with Gasteiger partial charge in [0.1, 0.15) is 0 Å². The fraction of sp³-hybridized carbons (Fsp3) is 0.385. The van der Waals surface area contributed by atoms with Crippen LogP contribution in [0.1, 0.15) is 29.3 Å². The van der Waals surface area contributed by atoms with E-state index in [2.05, 4.69) is 4.74 Å². The first-order valence-corrected chi connectivity index (χ1v) is 5.70. The van der Waals surface area contributed by atoms with Crippen LogP contribution < -0.4 is 0 Å². The molecule has 1 aromatic carbocycles. The minimum Gasteiger partial charge on any atom is -0.469 e. The van der Waals surface area contributed by atoms with Gasteiger partial charge < -0.3 is 4.74 Å². The smallest absolute Gasteiger partial charge is 0.308 e. The average Bonchev–Trinajstić information content (AvgIpc) is 2.31. The Morgan fingerprint density at radius 2 is 2.06 bits per heavy atom. The number of carbonyl (C=O) groups is 2. The summed E-state index contributed by atoms with van der Waals surface area (Å²) in [6, 6.07) is 5.13. The molecular weight excluding hydrogens is 240 g/mol. The molecular formula is C13H15ClO3. The zero-order valence-electron chi connectivity index (χ0n) is 10.1. The lowest BCUT2D eigenvalue weighted by Crippen LogP contribution is -2.16. The molecule has 92 valence electrons. The first-order valence-electron chi connectivity index (χ1n) is 5.33. The molecule has 3 nitrogen and oxygen atoms in total. The molecule has 1 aromatic rings. The summed E-state index contributed by atoms with van der Waals surface area (Å²) >= 11 is 5.94. The van der Waals surface area contributed by atoms with Gasteiger partial charge in [0, 0.05) is 17.0 Å². The van der Waals surface area contributed by atoms with E-state index in [1.807, 2.05) is 6.92 Å². The van der Waals surface area contributed by atoms with Crippen molar-refractivity contribution in [1.29, 1.82) is 0 Å². The number of hydrogen-bond acceptors (Lipinski definition) is 3. The molecule has 0 saturated carbocycles. The number of carbonyl (C=O) groups excluding carboxylic acids is 2. The Hall–Kier alpha value is -1.35. The summed E-state index contributed by atoms with van der Waals surface area (Å²) < 4.78 is 4.57. The first kappa shape index (κ1) is 13.7. The number of ketones is 1. The molecule has 0 radical (unpaired) electrons. The second-order valence-electron chi connectivity index (χ2n) is 4.02. The zero-order valence-corrected chi connectivity index (χ0v) is 10.9. The van der Waals surface area contributed by atoms with Crippen LogP contribution in [0.2, 0.25) is 5.02 Å². The number of Topliss-reactive ketones (excluding diaryl/α,β-unsaturated/α-hetero) is 1. The van der Waals surface area contributed by atoms with E-state index in [1.165, 1.54) is 7.11 Å². The van der Waals surface area contributed by atoms with Gasteiger partial charge in [0.25, 0.3) is 0 Å². The highest BCUT2D eigenvalue weighted by atomic mass is 35.5. The van der Waals surface area contributed by atoms with Crippen LogP contribution >= 0.6 is 11.6 Å². The van der Waals surface area contributed by atoms with E-state index in [9.17, 15) is 9.59 Å². The summed E-state index contributed by atoms with van der Waals surface area (Å²) in [4.78, 5) is 23.1. The van der Waals surface area contributed by atoms with E-state index in [4.69, 9.17) is 11.6 Å². The van der Waals surface area contributed by atoms with Crippen molar-refractivity contribution >= 4 is 23.4 Å². The molecule has 17 heavy (non-hydrogen) atoms. The van der Waals surface area contributed by atoms with Gasteiger partial charge in [-0.25, -0.2) is 0 Å². The van der Waals surface area contributed by atoms with Crippen LogP contribution in [0.3, 0.4) is 0 Å². The number of aryl methyl sites for hydroxylation is 1. The Morgan fingerprint density at radius 3 is 2.59 bits per heavy atom. The van der Waals surface area contributed by atoms with Crippen molar-refractivity contribution in [1.82, 2.24) is 0 Å². The van der Waals surface area contributed by atoms with Gasteiger partial charge in [-0.15, -0.1) is 0 Å². The third-order valence-corrected chi connectivity index (χ3v) is 3.00. The molecule has 1 rings (SSSR count). The number of esters is 1. The number of ether oxygens (including phenoxy) is 1. The van der Waals surface area contributed by atoms with E-state index < -0.39 is 5.92 Å². The van der Waals surface area contributed by atoms with Crippen LogP contribution in [0.15, 0.2) is 18.2 Å². The van der Waals surface area contributed by atoms with Gasteiger partial charge in [-0.05, 0) is 18.6 Å². The van der Waals surface area contributed by atoms with Crippen LogP contribution in [0.25, 0.3) is 0 Å². The largest absolute Gasteiger partial charge is 0.469 e. The quantitative estimate of drug-likeness (QED) is 0.613. The van der Waals surface area contributed by atoms with Crippen LogP contribution in [0.5, 0.6) is 0 Å². The normalized spacial score (nSPS) is 12.0. The van der Waals surface area contributed by atoms with Crippen molar-refractivity contribution in [2.45, 2.75) is 20.3 Å². The minimum atomic E-state index is -0.437. The van der Waals surface area contributed by atoms with E-state index >= 15 is 0 Å². The Labute approximate surface area is 106 Å². The molecule has 0 amide bonds. The van der Waals surface area contributed by atoms with Crippen molar-refractivity contribution < 1.29 is 14.3 Å². The Balaban J connectivity index is 2.76. The molecule has 0 aliphatic carbocycles. The molecule has 0 aliphatic heterocycles. The molecule has 0 bridgehead atoms. The SMILES string of the molecule is COC(=O)C(C)CC(=O)c1ccc(C)c(Cl)c1. The maximum atomic E-state index is 11.9. The minimum absolute atomic E-state index is 0.107. The fourth-order valence-corrected chi connectivity index (χ4v) is 1.63. The summed E-state index contributed by atoms with van der Waals surface area (Å²) in [6.07, 6.45) is 0.131. The van der Waals surface area contributed by atoms with Gasteiger partial charge in [0.05, 0.1) is 13.0 Å². The van der Waals surface area contributed by atoms with Crippen LogP contribution in [0, 0.1) is 12.8 Å². The van der Waals surface area contributed by atoms with Crippen molar-refractivity contribution in [2.24, 2.45) is 5.92 Å². The molecule has 0 fully saturated rings. The van der Waals surface area contributed by atoms with Gasteiger partial charge in [0.15, 0.2) is 5.78 Å². The topological polar surface area (TPSA) is 43.4 Å². The zero-order chi connectivity index (χ0) is 13.0. The fourth-order valence-electron chi connectivity index (χ4n) is 1.45. The van der Waals surface area contributed by atoms with Gasteiger partial charge in [-0.2, -0.15) is 0 Å². The summed E-state index contributed by atoms with van der Waals surface area (Å²) in [5, 5.41) is 0.557. The second-order valence-corrected chi connectivity index (χ2v) is 4.42. The molecule has 0 aliphatic rings. The van der Waals surface area contributed by atoms with Gasteiger partial charge >= 0.3 is 5.97 Å². The number of benzene rings is 1. The lowest BCUT2D eigenvalue weighted by atomic mass is 9.99. The van der Waals surface area contributed by atoms with Crippen LogP contribution in [-0.4, -0.2) is 18.9 Å². The van der Waals surface area contributed by atoms with Crippen molar-refractivity contribution in [2.75, 3.05) is 7.11 Å². The highest BCUT2D eigenvalue weighted by Crippen LogP contribution is 2.19. The lowest BCUT2D eigenvalue weighted by molar-refractivity contribution is -0.144. The van der Waals surface area contributed by atoms with Gasteiger partial charge in [-0.3, -0.25) is 9.59 Å². The van der Waals surface area contributed by atoms with Gasteiger partial charge in [-0.1, -0.05) is 30.7 Å². The number of methoxy groups -OCH3 is 1. The van der Waals surface area contributed by atoms with E-state index in [1.54, 1.807) is 25.1 Å². The highest BCUT2D eigenvalue weighted by molar-refractivity contribution is 6.31. The van der Waals surface area contributed by atoms with Crippen molar-refractivity contribution in [3.05, 3.63) is 34.3 Å². The molecule has 1 atom stereocenters. The number of rotatable bonds is 4. The second kappa shape index (κ2) is 5.82. The summed E-state index contributed by atoms with van der Waals surface area (Å²) in [5.74, 6) is -0.922. The first-order chi connectivity index (χ1) is 7.95. The number of halogens is 1. The van der Waals surface area contributed by atoms with E-state index in [0.717, 1.165) is 5.56 Å². The van der Waals surface area contributed by atoms with E-state index in [-0.39, 0.29) is 18.2 Å². The average molecular weight is 255 g/mol. The van der Waals surface area contributed by atoms with Crippen LogP contribution in [0.4, 0.5) is 0 Å². The third-order valence-electron chi connectivity index (χ3n) is 2.59. The van der Waals surface area contributed by atoms with E-state index in [0.29, 0.717) is 10.6 Å². The monoisotopic (exact) mass is 254 g/mol. The molecule has 4 heteroatoms. The molecule has 1 unspecified atom stereocenters. The third kappa shape index (κ3) is 3.56. The predicted octanol–water partition coefficient (Wildman–Crippen LogP) is 3.03. The molecule has 0 heterocycles. The summed E-state index contributed by atoms with van der Waals surface area (Å²) in [5.41, 5.74) is 1.44. The molecule has 0 saturated heterocycles. The molecule has 0 N–H and O–H groups in total. The maximum Gasteiger partial charge on any atom is 0.308 e.